The Labute approximate surface area is 154 Å². The van der Waals surface area contributed by atoms with E-state index in [9.17, 15) is 9.59 Å². The zero-order chi connectivity index (χ0) is 17.8. The van der Waals surface area contributed by atoms with Crippen molar-refractivity contribution in [1.29, 1.82) is 0 Å². The number of carbonyl (C=O) groups is 2. The number of ether oxygens (including phenoxy) is 2. The van der Waals surface area contributed by atoms with Crippen LogP contribution in [-0.2, 0) is 4.79 Å². The molecule has 2 aromatic carbocycles. The van der Waals surface area contributed by atoms with Crippen LogP contribution in [0.1, 0.15) is 23.2 Å². The minimum Gasteiger partial charge on any atom is -0.486 e. The van der Waals surface area contributed by atoms with Gasteiger partial charge in [-0.15, -0.1) is 0 Å². The van der Waals surface area contributed by atoms with Gasteiger partial charge in [0, 0.05) is 18.4 Å². The molecule has 1 aliphatic heterocycles. The summed E-state index contributed by atoms with van der Waals surface area (Å²) in [6.07, 6.45) is 0.0857. The Morgan fingerprint density at radius 1 is 0.960 bits per heavy atom. The Morgan fingerprint density at radius 3 is 2.36 bits per heavy atom. The normalized spacial score (nSPS) is 12.6. The number of hydrogen-bond donors (Lipinski definition) is 1. The lowest BCUT2D eigenvalue weighted by atomic mass is 10.1. The van der Waals surface area contributed by atoms with E-state index < -0.39 is 0 Å². The second kappa shape index (κ2) is 7.76. The van der Waals surface area contributed by atoms with Crippen LogP contribution in [0.4, 0.5) is 5.69 Å². The van der Waals surface area contributed by atoms with Crippen LogP contribution in [0.2, 0.25) is 10.0 Å². The Balaban J connectivity index is 1.59. The molecule has 0 atom stereocenters. The van der Waals surface area contributed by atoms with Gasteiger partial charge < -0.3 is 14.8 Å². The number of carbonyl (C=O) groups excluding carboxylic acids is 2. The number of rotatable bonds is 5. The van der Waals surface area contributed by atoms with Gasteiger partial charge in [0.15, 0.2) is 17.3 Å². The third-order valence-electron chi connectivity index (χ3n) is 3.67. The number of ketones is 1. The molecule has 0 aromatic heterocycles. The molecule has 0 radical (unpaired) electrons. The van der Waals surface area contributed by atoms with Crippen molar-refractivity contribution in [3.63, 3.8) is 0 Å². The van der Waals surface area contributed by atoms with Crippen LogP contribution in [0.3, 0.4) is 0 Å². The lowest BCUT2D eigenvalue weighted by Crippen LogP contribution is -2.16. The van der Waals surface area contributed by atoms with Crippen molar-refractivity contribution in [1.82, 2.24) is 0 Å². The molecule has 2 aromatic rings. The fourth-order valence-electron chi connectivity index (χ4n) is 2.41. The minimum atomic E-state index is -0.333. The summed E-state index contributed by atoms with van der Waals surface area (Å²) in [5.74, 6) is 0.677. The number of benzene rings is 2. The molecular formula is C18H15Cl2NO4. The van der Waals surface area contributed by atoms with E-state index in [0.717, 1.165) is 0 Å². The van der Waals surface area contributed by atoms with E-state index in [0.29, 0.717) is 46.0 Å². The highest BCUT2D eigenvalue weighted by Gasteiger charge is 2.16. The van der Waals surface area contributed by atoms with Crippen molar-refractivity contribution in [3.8, 4) is 11.5 Å². The highest BCUT2D eigenvalue weighted by Crippen LogP contribution is 2.32. The Morgan fingerprint density at radius 2 is 1.64 bits per heavy atom. The maximum Gasteiger partial charge on any atom is 0.224 e. The smallest absolute Gasteiger partial charge is 0.224 e. The van der Waals surface area contributed by atoms with Crippen molar-refractivity contribution in [2.45, 2.75) is 12.8 Å². The summed E-state index contributed by atoms with van der Waals surface area (Å²) in [6.45, 7) is 0.941. The van der Waals surface area contributed by atoms with Crippen LogP contribution in [-0.4, -0.2) is 24.9 Å². The number of halogens is 2. The maximum atomic E-state index is 12.3. The molecule has 7 heteroatoms. The first-order valence-corrected chi connectivity index (χ1v) is 8.47. The lowest BCUT2D eigenvalue weighted by molar-refractivity contribution is -0.116. The zero-order valence-electron chi connectivity index (χ0n) is 13.2. The van der Waals surface area contributed by atoms with Crippen molar-refractivity contribution >= 4 is 40.6 Å². The van der Waals surface area contributed by atoms with Gasteiger partial charge in [-0.05, 0) is 30.3 Å². The fraction of sp³-hybridized carbons (Fsp3) is 0.222. The number of anilines is 1. The van der Waals surface area contributed by atoms with Gasteiger partial charge in [0.05, 0.1) is 15.7 Å². The van der Waals surface area contributed by atoms with E-state index in [1.807, 2.05) is 0 Å². The van der Waals surface area contributed by atoms with Crippen LogP contribution in [0, 0.1) is 0 Å². The molecule has 3 rings (SSSR count). The number of amides is 1. The molecule has 0 fully saturated rings. The first-order valence-electron chi connectivity index (χ1n) is 7.71. The highest BCUT2D eigenvalue weighted by atomic mass is 35.5. The van der Waals surface area contributed by atoms with Crippen molar-refractivity contribution in [2.24, 2.45) is 0 Å². The number of nitrogens with one attached hydrogen (secondary N) is 1. The Hall–Kier alpha value is -2.24. The van der Waals surface area contributed by atoms with Crippen LogP contribution in [0.15, 0.2) is 36.4 Å². The summed E-state index contributed by atoms with van der Waals surface area (Å²) in [6, 6.07) is 9.95. The van der Waals surface area contributed by atoms with Gasteiger partial charge in [-0.25, -0.2) is 0 Å². The van der Waals surface area contributed by atoms with Crippen molar-refractivity contribution in [3.05, 3.63) is 52.0 Å². The minimum absolute atomic E-state index is 0.0226. The molecule has 0 saturated heterocycles. The number of fused-ring (bicyclic) bond motifs is 1. The molecular weight excluding hydrogens is 365 g/mol. The van der Waals surface area contributed by atoms with E-state index in [1.165, 1.54) is 0 Å². The Bertz CT molecular complexity index is 802. The number of para-hydroxylation sites is 1. The van der Waals surface area contributed by atoms with E-state index >= 15 is 0 Å². The van der Waals surface area contributed by atoms with Gasteiger partial charge in [-0.1, -0.05) is 29.3 Å². The molecule has 1 amide bonds. The second-order valence-corrected chi connectivity index (χ2v) is 6.24. The topological polar surface area (TPSA) is 64.6 Å². The van der Waals surface area contributed by atoms with Gasteiger partial charge in [0.25, 0.3) is 0 Å². The van der Waals surface area contributed by atoms with Crippen LogP contribution < -0.4 is 14.8 Å². The van der Waals surface area contributed by atoms with Crippen LogP contribution >= 0.6 is 23.2 Å². The third-order valence-corrected chi connectivity index (χ3v) is 4.30. The molecule has 1 aliphatic rings. The standard InChI is InChI=1S/C18H15Cl2NO4/c19-12-2-1-3-13(20)18(12)21-17(23)7-5-14(22)11-4-6-15-16(10-11)25-9-8-24-15/h1-4,6,10H,5,7-9H2,(H,21,23). The average molecular weight is 380 g/mol. The molecule has 1 N–H and O–H groups in total. The van der Waals surface area contributed by atoms with Crippen molar-refractivity contribution in [2.75, 3.05) is 18.5 Å². The maximum absolute atomic E-state index is 12.3. The quantitative estimate of drug-likeness (QED) is 0.783. The molecule has 0 bridgehead atoms. The monoisotopic (exact) mass is 379 g/mol. The van der Waals surface area contributed by atoms with Crippen LogP contribution in [0.5, 0.6) is 11.5 Å². The van der Waals surface area contributed by atoms with Gasteiger partial charge in [-0.3, -0.25) is 9.59 Å². The predicted molar refractivity (Wildman–Crippen MR) is 96.1 cm³/mol. The van der Waals surface area contributed by atoms with E-state index in [2.05, 4.69) is 5.32 Å². The van der Waals surface area contributed by atoms with E-state index in [-0.39, 0.29) is 24.5 Å². The summed E-state index contributed by atoms with van der Waals surface area (Å²) < 4.78 is 10.9. The van der Waals surface area contributed by atoms with Gasteiger partial charge in [0.1, 0.15) is 13.2 Å². The van der Waals surface area contributed by atoms with Gasteiger partial charge in [-0.2, -0.15) is 0 Å². The lowest BCUT2D eigenvalue weighted by Gasteiger charge is -2.18. The molecule has 130 valence electrons. The summed E-state index contributed by atoms with van der Waals surface area (Å²) in [5, 5.41) is 3.33. The molecule has 0 aliphatic carbocycles. The Kier molecular flexibility index (Phi) is 5.46. The molecule has 1 heterocycles. The van der Waals surface area contributed by atoms with Gasteiger partial charge in [0.2, 0.25) is 5.91 Å². The summed E-state index contributed by atoms with van der Waals surface area (Å²) in [5.41, 5.74) is 0.829. The largest absolute Gasteiger partial charge is 0.486 e. The van der Waals surface area contributed by atoms with E-state index in [4.69, 9.17) is 32.7 Å². The SMILES string of the molecule is O=C(CCC(=O)c1ccc2c(c1)OCCO2)Nc1c(Cl)cccc1Cl. The van der Waals surface area contributed by atoms with Gasteiger partial charge >= 0.3 is 0 Å². The first kappa shape index (κ1) is 17.6. The summed E-state index contributed by atoms with van der Waals surface area (Å²) in [4.78, 5) is 24.4. The van der Waals surface area contributed by atoms with E-state index in [1.54, 1.807) is 36.4 Å². The first-order chi connectivity index (χ1) is 12.0. The molecule has 5 nitrogen and oxygen atoms in total. The van der Waals surface area contributed by atoms with Crippen molar-refractivity contribution < 1.29 is 19.1 Å². The third kappa shape index (κ3) is 4.24. The number of Topliss-reactive ketones (excluding diaryl/α,β-unsaturated/α-hetero) is 1. The van der Waals surface area contributed by atoms with Crippen LogP contribution in [0.25, 0.3) is 0 Å². The molecule has 0 spiro atoms. The zero-order valence-corrected chi connectivity index (χ0v) is 14.7. The predicted octanol–water partition coefficient (Wildman–Crippen LogP) is 4.37. The second-order valence-electron chi connectivity index (χ2n) is 5.43. The molecule has 25 heavy (non-hydrogen) atoms. The fourth-order valence-corrected chi connectivity index (χ4v) is 2.90. The summed E-state index contributed by atoms with van der Waals surface area (Å²) in [7, 11) is 0. The highest BCUT2D eigenvalue weighted by molar-refractivity contribution is 6.39. The summed E-state index contributed by atoms with van der Waals surface area (Å²) >= 11 is 12.0. The average Bonchev–Trinajstić information content (AvgIpc) is 2.62. The number of hydrogen-bond acceptors (Lipinski definition) is 4. The molecule has 0 unspecified atom stereocenters. The molecule has 0 saturated carbocycles.